The van der Waals surface area contributed by atoms with Gasteiger partial charge in [-0.2, -0.15) is 0 Å². The van der Waals surface area contributed by atoms with E-state index in [2.05, 4.69) is 51.3 Å². The Hall–Kier alpha value is -0.540. The smallest absolute Gasteiger partial charge is 0.0513 e. The molecule has 0 aromatic heterocycles. The van der Waals surface area contributed by atoms with Crippen LogP contribution >= 0.6 is 15.9 Å². The van der Waals surface area contributed by atoms with Crippen LogP contribution in [0.5, 0.6) is 0 Å². The Kier molecular flexibility index (Phi) is 4.67. The molecule has 0 radical (unpaired) electrons. The first-order valence-electron chi connectivity index (χ1n) is 8.02. The topological polar surface area (TPSA) is 15.3 Å². The summed E-state index contributed by atoms with van der Waals surface area (Å²) < 4.78 is 1.25. The predicted octanol–water partition coefficient (Wildman–Crippen LogP) is 4.47. The molecule has 1 aliphatic heterocycles. The fourth-order valence-electron chi connectivity index (χ4n) is 3.08. The lowest BCUT2D eigenvalue weighted by Crippen LogP contribution is -2.32. The van der Waals surface area contributed by atoms with Gasteiger partial charge in [-0.15, -0.1) is 0 Å². The minimum Gasteiger partial charge on any atom is -0.368 e. The molecule has 2 fully saturated rings. The minimum absolute atomic E-state index is 0.657. The Morgan fingerprint density at radius 1 is 1.20 bits per heavy atom. The molecule has 1 aromatic carbocycles. The van der Waals surface area contributed by atoms with E-state index >= 15 is 0 Å². The lowest BCUT2D eigenvalue weighted by atomic mass is 10.1. The molecule has 1 heterocycles. The fourth-order valence-corrected chi connectivity index (χ4v) is 3.73. The fraction of sp³-hybridized carbons (Fsp3) is 0.647. The lowest BCUT2D eigenvalue weighted by molar-refractivity contribution is 0.615. The van der Waals surface area contributed by atoms with Crippen molar-refractivity contribution in [2.45, 2.75) is 64.1 Å². The summed E-state index contributed by atoms with van der Waals surface area (Å²) in [5.74, 6) is 0. The van der Waals surface area contributed by atoms with Gasteiger partial charge in [0.2, 0.25) is 0 Å². The average Bonchev–Trinajstić information content (AvgIpc) is 3.25. The first-order chi connectivity index (χ1) is 9.74. The summed E-state index contributed by atoms with van der Waals surface area (Å²) in [6.45, 7) is 4.55. The third kappa shape index (κ3) is 3.56. The highest BCUT2D eigenvalue weighted by Crippen LogP contribution is 2.32. The molecule has 20 heavy (non-hydrogen) atoms. The van der Waals surface area contributed by atoms with Gasteiger partial charge in [-0.25, -0.2) is 0 Å². The van der Waals surface area contributed by atoms with E-state index in [9.17, 15) is 0 Å². The number of rotatable bonds is 4. The molecule has 1 saturated carbocycles. The number of nitrogens with one attached hydrogen (secondary N) is 1. The van der Waals surface area contributed by atoms with Gasteiger partial charge in [-0.3, -0.25) is 0 Å². The molecule has 0 amide bonds. The largest absolute Gasteiger partial charge is 0.368 e. The Labute approximate surface area is 131 Å². The molecule has 1 unspecified atom stereocenters. The van der Waals surface area contributed by atoms with E-state index in [-0.39, 0.29) is 0 Å². The van der Waals surface area contributed by atoms with E-state index in [1.807, 2.05) is 0 Å². The van der Waals surface area contributed by atoms with Crippen LogP contribution in [0.25, 0.3) is 0 Å². The number of hydrogen-bond acceptors (Lipinski definition) is 2. The second-order valence-corrected chi connectivity index (χ2v) is 7.19. The van der Waals surface area contributed by atoms with Crippen molar-refractivity contribution < 1.29 is 0 Å². The van der Waals surface area contributed by atoms with Crippen molar-refractivity contribution in [1.82, 2.24) is 5.32 Å². The van der Waals surface area contributed by atoms with Crippen molar-refractivity contribution in [2.24, 2.45) is 0 Å². The molecule has 2 nitrogen and oxygen atoms in total. The van der Waals surface area contributed by atoms with Gasteiger partial charge in [-0.1, -0.05) is 18.9 Å². The molecule has 1 aromatic rings. The van der Waals surface area contributed by atoms with Crippen molar-refractivity contribution >= 4 is 21.6 Å². The van der Waals surface area contributed by atoms with Crippen LogP contribution in [0, 0.1) is 0 Å². The van der Waals surface area contributed by atoms with Crippen LogP contribution in [0.3, 0.4) is 0 Å². The number of hydrogen-bond donors (Lipinski definition) is 1. The summed E-state index contributed by atoms with van der Waals surface area (Å²) in [4.78, 5) is 2.58. The molecule has 0 bridgehead atoms. The molecule has 1 aliphatic carbocycles. The Morgan fingerprint density at radius 3 is 2.80 bits per heavy atom. The van der Waals surface area contributed by atoms with Crippen molar-refractivity contribution in [3.05, 3.63) is 28.2 Å². The van der Waals surface area contributed by atoms with Gasteiger partial charge in [0, 0.05) is 29.6 Å². The lowest BCUT2D eigenvalue weighted by Gasteiger charge is -2.30. The van der Waals surface area contributed by atoms with Crippen molar-refractivity contribution in [1.29, 1.82) is 0 Å². The summed E-state index contributed by atoms with van der Waals surface area (Å²) in [6, 6.07) is 8.31. The molecule has 0 spiro atoms. The Balaban J connectivity index is 1.71. The van der Waals surface area contributed by atoms with Crippen molar-refractivity contribution in [2.75, 3.05) is 11.4 Å². The summed E-state index contributed by atoms with van der Waals surface area (Å²) in [7, 11) is 0. The zero-order valence-electron chi connectivity index (χ0n) is 12.4. The van der Waals surface area contributed by atoms with Crippen LogP contribution in [-0.4, -0.2) is 18.6 Å². The summed E-state index contributed by atoms with van der Waals surface area (Å²) in [6.07, 6.45) is 8.09. The van der Waals surface area contributed by atoms with Gasteiger partial charge in [-0.05, 0) is 66.2 Å². The van der Waals surface area contributed by atoms with Gasteiger partial charge in [0.15, 0.2) is 0 Å². The second-order valence-electron chi connectivity index (χ2n) is 6.33. The summed E-state index contributed by atoms with van der Waals surface area (Å²) in [5, 5.41) is 3.58. The van der Waals surface area contributed by atoms with Crippen LogP contribution in [0.2, 0.25) is 0 Å². The van der Waals surface area contributed by atoms with E-state index in [1.54, 1.807) is 0 Å². The molecular formula is C17H25BrN2. The number of benzene rings is 1. The maximum atomic E-state index is 3.79. The van der Waals surface area contributed by atoms with Gasteiger partial charge in [0.25, 0.3) is 0 Å². The van der Waals surface area contributed by atoms with Gasteiger partial charge in [0.05, 0.1) is 5.69 Å². The van der Waals surface area contributed by atoms with Crippen molar-refractivity contribution in [3.63, 3.8) is 0 Å². The van der Waals surface area contributed by atoms with E-state index < -0.39 is 0 Å². The normalized spacial score (nSPS) is 23.7. The minimum atomic E-state index is 0.657. The molecule has 1 saturated heterocycles. The Morgan fingerprint density at radius 2 is 2.05 bits per heavy atom. The summed E-state index contributed by atoms with van der Waals surface area (Å²) >= 11 is 3.79. The van der Waals surface area contributed by atoms with Crippen LogP contribution in [0.15, 0.2) is 22.7 Å². The monoisotopic (exact) mass is 336 g/mol. The number of nitrogens with zero attached hydrogens (tertiary/aromatic N) is 1. The molecular weight excluding hydrogens is 312 g/mol. The average molecular weight is 337 g/mol. The predicted molar refractivity (Wildman–Crippen MR) is 89.3 cm³/mol. The van der Waals surface area contributed by atoms with Gasteiger partial charge < -0.3 is 10.2 Å². The molecule has 3 heteroatoms. The van der Waals surface area contributed by atoms with Crippen LogP contribution in [0.1, 0.15) is 51.0 Å². The highest BCUT2D eigenvalue weighted by atomic mass is 79.9. The second kappa shape index (κ2) is 6.48. The van der Waals surface area contributed by atoms with Crippen LogP contribution in [-0.2, 0) is 6.54 Å². The van der Waals surface area contributed by atoms with E-state index in [0.717, 1.165) is 12.6 Å². The standard InChI is InChI=1S/C17H25BrN2/c1-13-5-3-2-4-10-20(13)17-9-6-14(11-16(17)18)12-19-15-7-8-15/h6,9,11,13,15,19H,2-5,7-8,10,12H2,1H3. The number of halogens is 1. The van der Waals surface area contributed by atoms with Gasteiger partial charge >= 0.3 is 0 Å². The third-order valence-electron chi connectivity index (χ3n) is 4.55. The maximum Gasteiger partial charge on any atom is 0.0513 e. The van der Waals surface area contributed by atoms with Crippen LogP contribution in [0.4, 0.5) is 5.69 Å². The van der Waals surface area contributed by atoms with E-state index in [0.29, 0.717) is 6.04 Å². The highest BCUT2D eigenvalue weighted by Gasteiger charge is 2.21. The number of anilines is 1. The van der Waals surface area contributed by atoms with E-state index in [1.165, 1.54) is 60.8 Å². The molecule has 1 N–H and O–H groups in total. The Bertz CT molecular complexity index is 456. The highest BCUT2D eigenvalue weighted by molar-refractivity contribution is 9.10. The zero-order valence-corrected chi connectivity index (χ0v) is 14.0. The summed E-state index contributed by atoms with van der Waals surface area (Å²) in [5.41, 5.74) is 2.75. The maximum absolute atomic E-state index is 3.79. The first kappa shape index (κ1) is 14.4. The molecule has 1 atom stereocenters. The SMILES string of the molecule is CC1CCCCCN1c1ccc(CNC2CC2)cc1Br. The third-order valence-corrected chi connectivity index (χ3v) is 5.18. The molecule has 3 rings (SSSR count). The van der Waals surface area contributed by atoms with Crippen LogP contribution < -0.4 is 10.2 Å². The first-order valence-corrected chi connectivity index (χ1v) is 8.82. The molecule has 2 aliphatic rings. The van der Waals surface area contributed by atoms with Gasteiger partial charge in [0.1, 0.15) is 0 Å². The van der Waals surface area contributed by atoms with Crippen molar-refractivity contribution in [3.8, 4) is 0 Å². The quantitative estimate of drug-likeness (QED) is 0.872. The van der Waals surface area contributed by atoms with E-state index in [4.69, 9.17) is 0 Å². The zero-order chi connectivity index (χ0) is 13.9. The molecule has 110 valence electrons.